The van der Waals surface area contributed by atoms with Gasteiger partial charge in [-0.3, -0.25) is 14.6 Å². The molecule has 1 aliphatic heterocycles. The Morgan fingerprint density at radius 1 is 1.00 bits per heavy atom. The van der Waals surface area contributed by atoms with Crippen molar-refractivity contribution in [2.45, 2.75) is 39.9 Å². The van der Waals surface area contributed by atoms with Crippen LogP contribution in [0.3, 0.4) is 0 Å². The van der Waals surface area contributed by atoms with Gasteiger partial charge in [0.05, 0.1) is 6.54 Å². The molecule has 0 atom stereocenters. The molecule has 1 aliphatic rings. The lowest BCUT2D eigenvalue weighted by atomic mass is 10.1. The molecule has 2 aromatic carbocycles. The van der Waals surface area contributed by atoms with Crippen molar-refractivity contribution in [3.63, 3.8) is 0 Å². The highest BCUT2D eigenvalue weighted by atomic mass is 16.2. The van der Waals surface area contributed by atoms with Crippen molar-refractivity contribution in [1.82, 2.24) is 30.2 Å². The maximum Gasteiger partial charge on any atom is 0.256 e. The van der Waals surface area contributed by atoms with Gasteiger partial charge in [0.15, 0.2) is 0 Å². The predicted octanol–water partition coefficient (Wildman–Crippen LogP) is 3.08. The molecule has 0 saturated carbocycles. The summed E-state index contributed by atoms with van der Waals surface area (Å²) in [5.41, 5.74) is 6.21. The topological polar surface area (TPSA) is 93.7 Å². The molecule has 2 amide bonds. The normalized spacial score (nSPS) is 12.9. The number of hydrogen-bond acceptors (Lipinski definition) is 7. The van der Waals surface area contributed by atoms with Crippen molar-refractivity contribution >= 4 is 17.5 Å². The van der Waals surface area contributed by atoms with E-state index in [0.29, 0.717) is 32.2 Å². The van der Waals surface area contributed by atoms with Gasteiger partial charge >= 0.3 is 0 Å². The van der Waals surface area contributed by atoms with E-state index in [4.69, 9.17) is 0 Å². The highest BCUT2D eigenvalue weighted by Gasteiger charge is 2.27. The van der Waals surface area contributed by atoms with Crippen LogP contribution in [0.4, 0.5) is 5.69 Å². The Morgan fingerprint density at radius 3 is 2.34 bits per heavy atom. The Morgan fingerprint density at radius 2 is 1.68 bits per heavy atom. The van der Waals surface area contributed by atoms with Crippen molar-refractivity contribution in [2.75, 3.05) is 38.5 Å². The fraction of sp³-hybridized carbons (Fsp3) is 0.379. The number of nitrogens with one attached hydrogen (secondary N) is 2. The lowest BCUT2D eigenvalue weighted by Crippen LogP contribution is -2.49. The Bertz CT molecular complexity index is 1220. The minimum absolute atomic E-state index is 0.0179. The van der Waals surface area contributed by atoms with Crippen LogP contribution in [0.5, 0.6) is 0 Å². The number of rotatable bonds is 11. The van der Waals surface area contributed by atoms with E-state index in [1.54, 1.807) is 29.4 Å². The van der Waals surface area contributed by atoms with E-state index in [1.807, 2.05) is 42.3 Å². The van der Waals surface area contributed by atoms with E-state index < -0.39 is 0 Å². The third kappa shape index (κ3) is 6.93. The molecule has 9 nitrogen and oxygen atoms in total. The number of likely N-dealkylation sites (N-methyl/N-ethyl adjacent to an activating group) is 1. The molecule has 0 radical (unpaired) electrons. The van der Waals surface area contributed by atoms with Crippen LogP contribution in [0.25, 0.3) is 11.1 Å². The third-order valence-electron chi connectivity index (χ3n) is 6.78. The number of aromatic nitrogens is 2. The number of carbonyl (C=O) groups is 2. The molecule has 1 aromatic heterocycles. The Kier molecular flexibility index (Phi) is 9.04. The van der Waals surface area contributed by atoms with E-state index in [9.17, 15) is 9.59 Å². The van der Waals surface area contributed by atoms with Gasteiger partial charge in [0.25, 0.3) is 5.91 Å². The first-order valence-corrected chi connectivity index (χ1v) is 13.0. The van der Waals surface area contributed by atoms with Crippen LogP contribution in [-0.2, 0) is 22.7 Å². The second-order valence-electron chi connectivity index (χ2n) is 9.94. The van der Waals surface area contributed by atoms with Crippen molar-refractivity contribution in [1.29, 1.82) is 0 Å². The number of hydrazine groups is 1. The summed E-state index contributed by atoms with van der Waals surface area (Å²) in [6.07, 6.45) is 5.02. The van der Waals surface area contributed by atoms with Gasteiger partial charge in [-0.1, -0.05) is 50.2 Å². The molecule has 0 unspecified atom stereocenters. The standard InChI is InChI=1S/C29H37N7O2/c1-21(2)32-11-12-35(19-29(38)34(4)36-17-24-7-5-6-8-25(24)18-36)28(37)16-33-27-13-23(10-9-22(27)3)26-14-30-20-31-15-26/h5-10,13-15,20-21,32-33H,11-12,16-19H2,1-4H3. The number of aryl methyl sites for hydroxylation is 1. The van der Waals surface area contributed by atoms with Crippen molar-refractivity contribution in [3.8, 4) is 11.1 Å². The van der Waals surface area contributed by atoms with Crippen LogP contribution in [-0.4, -0.2) is 76.0 Å². The SMILES string of the molecule is Cc1ccc(-c2cncnc2)cc1NCC(=O)N(CCNC(C)C)CC(=O)N(C)N1Cc2ccccc2C1. The molecule has 0 bridgehead atoms. The first-order chi connectivity index (χ1) is 18.3. The summed E-state index contributed by atoms with van der Waals surface area (Å²) in [5, 5.41) is 10.3. The van der Waals surface area contributed by atoms with E-state index in [-0.39, 0.29) is 24.9 Å². The number of anilines is 1. The van der Waals surface area contributed by atoms with Gasteiger partial charge in [-0.15, -0.1) is 0 Å². The maximum absolute atomic E-state index is 13.3. The van der Waals surface area contributed by atoms with Crippen molar-refractivity contribution < 1.29 is 9.59 Å². The monoisotopic (exact) mass is 515 g/mol. The number of benzene rings is 2. The molecule has 9 heteroatoms. The molecule has 2 heterocycles. The highest BCUT2D eigenvalue weighted by Crippen LogP contribution is 2.25. The van der Waals surface area contributed by atoms with Gasteiger partial charge < -0.3 is 15.5 Å². The van der Waals surface area contributed by atoms with Crippen molar-refractivity contribution in [2.24, 2.45) is 0 Å². The molecule has 3 aromatic rings. The largest absolute Gasteiger partial charge is 0.376 e. The van der Waals surface area contributed by atoms with Crippen LogP contribution >= 0.6 is 0 Å². The zero-order valence-corrected chi connectivity index (χ0v) is 22.6. The number of carbonyl (C=O) groups excluding carboxylic acids is 2. The lowest BCUT2D eigenvalue weighted by Gasteiger charge is -2.31. The molecule has 200 valence electrons. The fourth-order valence-electron chi connectivity index (χ4n) is 4.45. The summed E-state index contributed by atoms with van der Waals surface area (Å²) in [4.78, 5) is 36.4. The zero-order chi connectivity index (χ0) is 27.1. The summed E-state index contributed by atoms with van der Waals surface area (Å²) in [5.74, 6) is -0.243. The van der Waals surface area contributed by atoms with E-state index >= 15 is 0 Å². The predicted molar refractivity (Wildman–Crippen MR) is 149 cm³/mol. The molecule has 4 rings (SSSR count). The van der Waals surface area contributed by atoms with Crippen LogP contribution in [0.1, 0.15) is 30.5 Å². The minimum Gasteiger partial charge on any atom is -0.376 e. The van der Waals surface area contributed by atoms with Gasteiger partial charge in [0, 0.05) is 62.9 Å². The minimum atomic E-state index is -0.130. The molecule has 0 saturated heterocycles. The summed E-state index contributed by atoms with van der Waals surface area (Å²) in [6, 6.07) is 14.5. The molecular formula is C29H37N7O2. The average Bonchev–Trinajstić information content (AvgIpc) is 3.36. The molecule has 38 heavy (non-hydrogen) atoms. The van der Waals surface area contributed by atoms with E-state index in [2.05, 4.69) is 46.6 Å². The first-order valence-electron chi connectivity index (χ1n) is 13.0. The summed E-state index contributed by atoms with van der Waals surface area (Å²) >= 11 is 0. The number of amides is 2. The average molecular weight is 516 g/mol. The number of nitrogens with zero attached hydrogens (tertiary/aromatic N) is 5. The van der Waals surface area contributed by atoms with Crippen molar-refractivity contribution in [3.05, 3.63) is 77.9 Å². The number of fused-ring (bicyclic) bond motifs is 1. The van der Waals surface area contributed by atoms with E-state index in [0.717, 1.165) is 22.4 Å². The maximum atomic E-state index is 13.3. The molecule has 0 fully saturated rings. The molecular weight excluding hydrogens is 478 g/mol. The van der Waals surface area contributed by atoms with Crippen LogP contribution in [0.15, 0.2) is 61.2 Å². The Hall–Kier alpha value is -3.82. The van der Waals surface area contributed by atoms with Gasteiger partial charge in [0.2, 0.25) is 5.91 Å². The molecule has 0 aliphatic carbocycles. The van der Waals surface area contributed by atoms with Crippen LogP contribution in [0.2, 0.25) is 0 Å². The van der Waals surface area contributed by atoms with Crippen LogP contribution < -0.4 is 10.6 Å². The fourth-order valence-corrected chi connectivity index (χ4v) is 4.45. The molecule has 0 spiro atoms. The lowest BCUT2D eigenvalue weighted by molar-refractivity contribution is -0.151. The first kappa shape index (κ1) is 27.2. The van der Waals surface area contributed by atoms with Gasteiger partial charge in [-0.05, 0) is 35.2 Å². The Labute approximate surface area is 224 Å². The highest BCUT2D eigenvalue weighted by molar-refractivity contribution is 5.87. The number of hydrogen-bond donors (Lipinski definition) is 2. The summed E-state index contributed by atoms with van der Waals surface area (Å²) in [7, 11) is 1.78. The van der Waals surface area contributed by atoms with Gasteiger partial charge in [-0.25, -0.2) is 15.0 Å². The summed E-state index contributed by atoms with van der Waals surface area (Å²) < 4.78 is 0. The molecule has 2 N–H and O–H groups in total. The second kappa shape index (κ2) is 12.6. The van der Waals surface area contributed by atoms with E-state index in [1.165, 1.54) is 17.5 Å². The second-order valence-corrected chi connectivity index (χ2v) is 9.94. The Balaban J connectivity index is 1.40. The third-order valence-corrected chi connectivity index (χ3v) is 6.78. The summed E-state index contributed by atoms with van der Waals surface area (Å²) in [6.45, 7) is 8.64. The van der Waals surface area contributed by atoms with Crippen LogP contribution in [0, 0.1) is 6.92 Å². The zero-order valence-electron chi connectivity index (χ0n) is 22.6. The van der Waals surface area contributed by atoms with Gasteiger partial charge in [-0.2, -0.15) is 0 Å². The smallest absolute Gasteiger partial charge is 0.256 e. The quantitative estimate of drug-likeness (QED) is 0.405. The van der Waals surface area contributed by atoms with Gasteiger partial charge in [0.1, 0.15) is 12.9 Å².